The summed E-state index contributed by atoms with van der Waals surface area (Å²) in [6, 6.07) is 9.63. The van der Waals surface area contributed by atoms with Crippen molar-refractivity contribution in [2.24, 2.45) is 0 Å². The molecule has 3 rings (SSSR count). The fraction of sp³-hybridized carbons (Fsp3) is 0.588. The van der Waals surface area contributed by atoms with Crippen molar-refractivity contribution in [2.45, 2.75) is 12.8 Å². The van der Waals surface area contributed by atoms with Gasteiger partial charge in [0.1, 0.15) is 0 Å². The van der Waals surface area contributed by atoms with Gasteiger partial charge in [-0.2, -0.15) is 17.0 Å². The fourth-order valence-corrected chi connectivity index (χ4v) is 4.81. The van der Waals surface area contributed by atoms with Gasteiger partial charge < -0.3 is 9.64 Å². The SMILES string of the molecule is O=C(Cc1ccccc1)N1CCCN(S(=O)(=O)N2CCOCC2)CC1. The number of carbonyl (C=O) groups is 1. The minimum atomic E-state index is -3.47. The summed E-state index contributed by atoms with van der Waals surface area (Å²) in [4.78, 5) is 14.3. The highest BCUT2D eigenvalue weighted by Gasteiger charge is 2.32. The molecule has 0 radical (unpaired) electrons. The Kier molecular flexibility index (Phi) is 6.06. The number of amides is 1. The highest BCUT2D eigenvalue weighted by atomic mass is 32.2. The molecule has 2 aliphatic heterocycles. The van der Waals surface area contributed by atoms with E-state index >= 15 is 0 Å². The lowest BCUT2D eigenvalue weighted by Gasteiger charge is -2.31. The van der Waals surface area contributed by atoms with Crippen molar-refractivity contribution in [3.63, 3.8) is 0 Å². The molecule has 1 amide bonds. The summed E-state index contributed by atoms with van der Waals surface area (Å²) in [6.07, 6.45) is 1.02. The topological polar surface area (TPSA) is 70.2 Å². The molecule has 2 heterocycles. The number of carbonyl (C=O) groups excluding carboxylic acids is 1. The van der Waals surface area contributed by atoms with Gasteiger partial charge in [-0.05, 0) is 12.0 Å². The van der Waals surface area contributed by atoms with Gasteiger partial charge in [-0.1, -0.05) is 30.3 Å². The van der Waals surface area contributed by atoms with Crippen molar-refractivity contribution in [3.05, 3.63) is 35.9 Å². The van der Waals surface area contributed by atoms with E-state index in [9.17, 15) is 13.2 Å². The van der Waals surface area contributed by atoms with Crippen molar-refractivity contribution >= 4 is 16.1 Å². The molecule has 7 nitrogen and oxygen atoms in total. The van der Waals surface area contributed by atoms with Crippen molar-refractivity contribution in [3.8, 4) is 0 Å². The van der Waals surface area contributed by atoms with Crippen LogP contribution in [0.25, 0.3) is 0 Å². The van der Waals surface area contributed by atoms with Crippen LogP contribution in [0.5, 0.6) is 0 Å². The quantitative estimate of drug-likeness (QED) is 0.770. The molecular weight excluding hydrogens is 342 g/mol. The number of ether oxygens (including phenoxy) is 1. The zero-order valence-electron chi connectivity index (χ0n) is 14.3. The molecular formula is C17H25N3O4S. The Labute approximate surface area is 149 Å². The highest BCUT2D eigenvalue weighted by Crippen LogP contribution is 2.15. The summed E-state index contributed by atoms with van der Waals surface area (Å²) in [5, 5.41) is 0. The first kappa shape index (κ1) is 18.3. The molecule has 2 aliphatic rings. The largest absolute Gasteiger partial charge is 0.379 e. The first-order valence-electron chi connectivity index (χ1n) is 8.72. The second-order valence-corrected chi connectivity index (χ2v) is 8.24. The predicted octanol–water partition coefficient (Wildman–Crippen LogP) is 0.340. The van der Waals surface area contributed by atoms with Crippen LogP contribution in [0.1, 0.15) is 12.0 Å². The Bertz CT molecular complexity index is 674. The van der Waals surface area contributed by atoms with Crippen LogP contribution in [0.3, 0.4) is 0 Å². The Hall–Kier alpha value is -1.48. The summed E-state index contributed by atoms with van der Waals surface area (Å²) in [7, 11) is -3.47. The van der Waals surface area contributed by atoms with Gasteiger partial charge in [0.15, 0.2) is 0 Å². The van der Waals surface area contributed by atoms with E-state index in [2.05, 4.69) is 0 Å². The molecule has 1 aromatic carbocycles. The van der Waals surface area contributed by atoms with Gasteiger partial charge in [0.05, 0.1) is 19.6 Å². The van der Waals surface area contributed by atoms with E-state index in [0.717, 1.165) is 5.56 Å². The second kappa shape index (κ2) is 8.27. The van der Waals surface area contributed by atoms with Crippen LogP contribution in [0.2, 0.25) is 0 Å². The van der Waals surface area contributed by atoms with E-state index in [4.69, 9.17) is 4.74 Å². The number of hydrogen-bond donors (Lipinski definition) is 0. The average molecular weight is 367 g/mol. The average Bonchev–Trinajstić information content (AvgIpc) is 2.90. The van der Waals surface area contributed by atoms with Crippen LogP contribution in [0.15, 0.2) is 30.3 Å². The minimum Gasteiger partial charge on any atom is -0.379 e. The third-order valence-corrected chi connectivity index (χ3v) is 6.66. The normalized spacial score (nSPS) is 21.0. The first-order valence-corrected chi connectivity index (χ1v) is 10.1. The minimum absolute atomic E-state index is 0.0526. The predicted molar refractivity (Wildman–Crippen MR) is 94.2 cm³/mol. The molecule has 0 atom stereocenters. The lowest BCUT2D eigenvalue weighted by atomic mass is 10.1. The standard InChI is InChI=1S/C17H25N3O4S/c21-17(15-16-5-2-1-3-6-16)18-7-4-8-19(10-9-18)25(22,23)20-11-13-24-14-12-20/h1-3,5-6H,4,7-15H2. The number of benzene rings is 1. The van der Waals surface area contributed by atoms with Crippen LogP contribution < -0.4 is 0 Å². The molecule has 0 bridgehead atoms. The Morgan fingerprint density at radius 3 is 2.32 bits per heavy atom. The van der Waals surface area contributed by atoms with Crippen molar-refractivity contribution in [1.82, 2.24) is 13.5 Å². The van der Waals surface area contributed by atoms with Gasteiger partial charge in [-0.15, -0.1) is 0 Å². The molecule has 8 heteroatoms. The summed E-state index contributed by atoms with van der Waals surface area (Å²) in [5.74, 6) is 0.0526. The van der Waals surface area contributed by atoms with E-state index in [1.165, 1.54) is 8.61 Å². The van der Waals surface area contributed by atoms with Crippen LogP contribution >= 0.6 is 0 Å². The van der Waals surface area contributed by atoms with Crippen LogP contribution in [-0.4, -0.2) is 80.3 Å². The molecule has 0 saturated carbocycles. The van der Waals surface area contributed by atoms with Gasteiger partial charge in [0.25, 0.3) is 10.2 Å². The molecule has 25 heavy (non-hydrogen) atoms. The Morgan fingerprint density at radius 1 is 0.920 bits per heavy atom. The maximum Gasteiger partial charge on any atom is 0.282 e. The summed E-state index contributed by atoms with van der Waals surface area (Å²) < 4.78 is 33.7. The maximum atomic E-state index is 12.8. The molecule has 0 N–H and O–H groups in total. The molecule has 0 unspecified atom stereocenters. The Balaban J connectivity index is 1.59. The van der Waals surface area contributed by atoms with E-state index in [0.29, 0.717) is 65.3 Å². The lowest BCUT2D eigenvalue weighted by molar-refractivity contribution is -0.130. The molecule has 1 aromatic rings. The molecule has 0 aromatic heterocycles. The highest BCUT2D eigenvalue weighted by molar-refractivity contribution is 7.86. The molecule has 0 aliphatic carbocycles. The van der Waals surface area contributed by atoms with Crippen LogP contribution in [-0.2, 0) is 26.2 Å². The number of morpholine rings is 1. The molecule has 0 spiro atoms. The van der Waals surface area contributed by atoms with Crippen molar-refractivity contribution < 1.29 is 17.9 Å². The van der Waals surface area contributed by atoms with Crippen LogP contribution in [0, 0.1) is 0 Å². The molecule has 2 fully saturated rings. The zero-order valence-corrected chi connectivity index (χ0v) is 15.2. The van der Waals surface area contributed by atoms with Crippen molar-refractivity contribution in [1.29, 1.82) is 0 Å². The third kappa shape index (κ3) is 4.58. The molecule has 138 valence electrons. The number of nitrogens with zero attached hydrogens (tertiary/aromatic N) is 3. The van der Waals surface area contributed by atoms with Gasteiger partial charge >= 0.3 is 0 Å². The summed E-state index contributed by atoms with van der Waals surface area (Å²) in [6.45, 7) is 3.51. The van der Waals surface area contributed by atoms with E-state index in [-0.39, 0.29) is 5.91 Å². The van der Waals surface area contributed by atoms with Crippen molar-refractivity contribution in [2.75, 3.05) is 52.5 Å². The van der Waals surface area contributed by atoms with Gasteiger partial charge in [0, 0.05) is 39.3 Å². The van der Waals surface area contributed by atoms with Gasteiger partial charge in [-0.3, -0.25) is 4.79 Å². The lowest BCUT2D eigenvalue weighted by Crippen LogP contribution is -2.49. The van der Waals surface area contributed by atoms with Gasteiger partial charge in [-0.25, -0.2) is 0 Å². The first-order chi connectivity index (χ1) is 12.1. The number of hydrogen-bond acceptors (Lipinski definition) is 4. The third-order valence-electron chi connectivity index (χ3n) is 4.63. The monoisotopic (exact) mass is 367 g/mol. The van der Waals surface area contributed by atoms with E-state index < -0.39 is 10.2 Å². The Morgan fingerprint density at radius 2 is 1.60 bits per heavy atom. The van der Waals surface area contributed by atoms with Gasteiger partial charge in [0.2, 0.25) is 5.91 Å². The molecule has 2 saturated heterocycles. The summed E-state index contributed by atoms with van der Waals surface area (Å²) >= 11 is 0. The zero-order chi connectivity index (χ0) is 17.7. The van der Waals surface area contributed by atoms with Crippen LogP contribution in [0.4, 0.5) is 0 Å². The maximum absolute atomic E-state index is 12.8. The number of rotatable bonds is 4. The summed E-state index contributed by atoms with van der Waals surface area (Å²) in [5.41, 5.74) is 0.981. The fourth-order valence-electron chi connectivity index (χ4n) is 3.20. The second-order valence-electron chi connectivity index (χ2n) is 6.31. The smallest absolute Gasteiger partial charge is 0.282 e. The van der Waals surface area contributed by atoms with E-state index in [1.54, 1.807) is 4.90 Å². The van der Waals surface area contributed by atoms with E-state index in [1.807, 2.05) is 30.3 Å².